The van der Waals surface area contributed by atoms with Crippen LogP contribution in [0.15, 0.2) is 48.6 Å². The molecular formula is C23H23NO7. The predicted octanol–water partition coefficient (Wildman–Crippen LogP) is 2.90. The largest absolute Gasteiger partial charge is 0.508 e. The zero-order chi connectivity index (χ0) is 22.4. The number of imide groups is 1. The summed E-state index contributed by atoms with van der Waals surface area (Å²) >= 11 is 0. The van der Waals surface area contributed by atoms with Crippen LogP contribution in [0.2, 0.25) is 0 Å². The number of carbonyl (C=O) groups is 3. The molecule has 0 bridgehead atoms. The number of phenolic OH excluding ortho intramolecular Hbond substituents is 3. The van der Waals surface area contributed by atoms with Crippen molar-refractivity contribution in [3.8, 4) is 23.0 Å². The normalized spacial score (nSPS) is 13.1. The van der Waals surface area contributed by atoms with Crippen molar-refractivity contribution in [2.45, 2.75) is 25.7 Å². The minimum atomic E-state index is -0.626. The molecule has 162 valence electrons. The van der Waals surface area contributed by atoms with E-state index < -0.39 is 11.5 Å². The number of ketones is 1. The highest BCUT2D eigenvalue weighted by molar-refractivity contribution is 6.14. The Bertz CT molecular complexity index is 1010. The van der Waals surface area contributed by atoms with E-state index in [9.17, 15) is 29.7 Å². The second-order valence-electron chi connectivity index (χ2n) is 7.10. The smallest absolute Gasteiger partial charge is 0.253 e. The molecule has 1 aliphatic heterocycles. The van der Waals surface area contributed by atoms with Crippen molar-refractivity contribution in [2.75, 3.05) is 13.2 Å². The van der Waals surface area contributed by atoms with Crippen molar-refractivity contribution in [1.29, 1.82) is 0 Å². The van der Waals surface area contributed by atoms with Crippen LogP contribution in [-0.4, -0.2) is 51.0 Å². The van der Waals surface area contributed by atoms with Crippen LogP contribution in [0, 0.1) is 0 Å². The van der Waals surface area contributed by atoms with Gasteiger partial charge in [-0.3, -0.25) is 19.3 Å². The topological polar surface area (TPSA) is 124 Å². The second-order valence-corrected chi connectivity index (χ2v) is 7.10. The van der Waals surface area contributed by atoms with Crippen molar-refractivity contribution >= 4 is 17.6 Å². The van der Waals surface area contributed by atoms with Crippen LogP contribution in [0.4, 0.5) is 0 Å². The summed E-state index contributed by atoms with van der Waals surface area (Å²) in [6, 6.07) is 8.06. The van der Waals surface area contributed by atoms with Crippen molar-refractivity contribution in [2.24, 2.45) is 0 Å². The van der Waals surface area contributed by atoms with Gasteiger partial charge in [-0.15, -0.1) is 0 Å². The van der Waals surface area contributed by atoms with Crippen molar-refractivity contribution in [1.82, 2.24) is 4.90 Å². The first-order chi connectivity index (χ1) is 14.9. The number of unbranched alkanes of at least 4 members (excludes halogenated alkanes) is 3. The number of rotatable bonds is 10. The Hall–Kier alpha value is -3.81. The Morgan fingerprint density at radius 3 is 2.29 bits per heavy atom. The van der Waals surface area contributed by atoms with E-state index >= 15 is 0 Å². The summed E-state index contributed by atoms with van der Waals surface area (Å²) in [7, 11) is 0. The van der Waals surface area contributed by atoms with Gasteiger partial charge in [0.25, 0.3) is 11.8 Å². The highest BCUT2D eigenvalue weighted by Gasteiger charge is 2.23. The zero-order valence-electron chi connectivity index (χ0n) is 16.8. The van der Waals surface area contributed by atoms with Gasteiger partial charge in [0, 0.05) is 24.8 Å². The quantitative estimate of drug-likeness (QED) is 0.304. The summed E-state index contributed by atoms with van der Waals surface area (Å²) in [5, 5.41) is 29.6. The molecule has 0 fully saturated rings. The summed E-state index contributed by atoms with van der Waals surface area (Å²) in [5.74, 6) is -1.86. The number of aromatic hydroxyl groups is 3. The third kappa shape index (κ3) is 5.22. The monoisotopic (exact) mass is 425 g/mol. The molecule has 0 aliphatic carbocycles. The van der Waals surface area contributed by atoms with E-state index in [1.165, 1.54) is 35.3 Å². The molecule has 0 saturated carbocycles. The summed E-state index contributed by atoms with van der Waals surface area (Å²) in [4.78, 5) is 37.0. The molecule has 2 amide bonds. The molecule has 0 unspecified atom stereocenters. The standard InChI is InChI=1S/C23H23NO7/c25-15-8-9-16(18(27)14-15)23(30)22-17(26)6-5-7-19(22)31-13-4-2-1-3-12-24-20(28)10-11-21(24)29/h5-11,14,25-27H,1-4,12-13H2. The number of carbonyl (C=O) groups excluding carboxylic acids is 3. The summed E-state index contributed by atoms with van der Waals surface area (Å²) in [6.45, 7) is 0.682. The van der Waals surface area contributed by atoms with Gasteiger partial charge in [0.15, 0.2) is 0 Å². The highest BCUT2D eigenvalue weighted by Crippen LogP contribution is 2.33. The van der Waals surface area contributed by atoms with Crippen LogP contribution in [0.1, 0.15) is 41.6 Å². The Kier molecular flexibility index (Phi) is 6.92. The van der Waals surface area contributed by atoms with Gasteiger partial charge >= 0.3 is 0 Å². The van der Waals surface area contributed by atoms with Gasteiger partial charge in [-0.05, 0) is 37.1 Å². The lowest BCUT2D eigenvalue weighted by molar-refractivity contribution is -0.136. The number of amides is 2. The van der Waals surface area contributed by atoms with Crippen LogP contribution in [0.25, 0.3) is 0 Å². The van der Waals surface area contributed by atoms with Crippen molar-refractivity contribution in [3.05, 3.63) is 59.7 Å². The van der Waals surface area contributed by atoms with Crippen LogP contribution < -0.4 is 4.74 Å². The lowest BCUT2D eigenvalue weighted by atomic mass is 10.0. The highest BCUT2D eigenvalue weighted by atomic mass is 16.5. The van der Waals surface area contributed by atoms with E-state index in [4.69, 9.17) is 4.74 Å². The third-order valence-corrected chi connectivity index (χ3v) is 4.89. The second kappa shape index (κ2) is 9.80. The van der Waals surface area contributed by atoms with Crippen LogP contribution in [-0.2, 0) is 9.59 Å². The molecule has 2 aromatic rings. The van der Waals surface area contributed by atoms with Crippen molar-refractivity contribution < 1.29 is 34.4 Å². The molecular weight excluding hydrogens is 402 g/mol. The molecule has 0 saturated heterocycles. The van der Waals surface area contributed by atoms with Gasteiger partial charge in [0.1, 0.15) is 28.6 Å². The molecule has 31 heavy (non-hydrogen) atoms. The van der Waals surface area contributed by atoms with Crippen LogP contribution in [0.5, 0.6) is 23.0 Å². The molecule has 0 spiro atoms. The van der Waals surface area contributed by atoms with Crippen molar-refractivity contribution in [3.63, 3.8) is 0 Å². The van der Waals surface area contributed by atoms with E-state index in [1.807, 2.05) is 0 Å². The van der Waals surface area contributed by atoms with Gasteiger partial charge in [0.2, 0.25) is 5.78 Å². The van der Waals surface area contributed by atoms with Gasteiger partial charge in [-0.25, -0.2) is 0 Å². The number of nitrogens with zero attached hydrogens (tertiary/aromatic N) is 1. The fourth-order valence-corrected chi connectivity index (χ4v) is 3.27. The molecule has 2 aromatic carbocycles. The zero-order valence-corrected chi connectivity index (χ0v) is 16.8. The third-order valence-electron chi connectivity index (χ3n) is 4.89. The number of hydrogen-bond donors (Lipinski definition) is 3. The summed E-state index contributed by atoms with van der Waals surface area (Å²) < 4.78 is 5.70. The van der Waals surface area contributed by atoms with E-state index in [2.05, 4.69) is 0 Å². The minimum absolute atomic E-state index is 0.0651. The number of hydrogen-bond acceptors (Lipinski definition) is 7. The Labute approximate surface area is 179 Å². The van der Waals surface area contributed by atoms with E-state index in [1.54, 1.807) is 12.1 Å². The summed E-state index contributed by atoms with van der Waals surface area (Å²) in [6.07, 6.45) is 5.49. The molecule has 1 heterocycles. The van der Waals surface area contributed by atoms with Gasteiger partial charge in [0.05, 0.1) is 12.2 Å². The lowest BCUT2D eigenvalue weighted by Crippen LogP contribution is -2.30. The van der Waals surface area contributed by atoms with Crippen LogP contribution >= 0.6 is 0 Å². The first-order valence-corrected chi connectivity index (χ1v) is 9.93. The Morgan fingerprint density at radius 1 is 0.871 bits per heavy atom. The van der Waals surface area contributed by atoms with Gasteiger partial charge in [-0.2, -0.15) is 0 Å². The SMILES string of the molecule is O=C(c1ccc(O)cc1O)c1c(O)cccc1OCCCCCCN1C(=O)C=CC1=O. The fourth-order valence-electron chi connectivity index (χ4n) is 3.27. The number of benzene rings is 2. The number of ether oxygens (including phenoxy) is 1. The van der Waals surface area contributed by atoms with E-state index in [0.717, 1.165) is 18.9 Å². The Morgan fingerprint density at radius 2 is 1.58 bits per heavy atom. The first-order valence-electron chi connectivity index (χ1n) is 9.93. The molecule has 3 N–H and O–H groups in total. The maximum Gasteiger partial charge on any atom is 0.253 e. The molecule has 1 aliphatic rings. The minimum Gasteiger partial charge on any atom is -0.508 e. The van der Waals surface area contributed by atoms with Gasteiger partial charge < -0.3 is 20.1 Å². The molecule has 8 heteroatoms. The molecule has 3 rings (SSSR count). The first kappa shape index (κ1) is 21.9. The van der Waals surface area contributed by atoms with Crippen LogP contribution in [0.3, 0.4) is 0 Å². The maximum atomic E-state index is 12.8. The predicted molar refractivity (Wildman–Crippen MR) is 111 cm³/mol. The lowest BCUT2D eigenvalue weighted by Gasteiger charge is -2.14. The average Bonchev–Trinajstić information content (AvgIpc) is 3.04. The number of phenols is 3. The molecule has 0 atom stereocenters. The van der Waals surface area contributed by atoms with E-state index in [-0.39, 0.29) is 40.2 Å². The Balaban J connectivity index is 1.52. The molecule has 8 nitrogen and oxygen atoms in total. The summed E-state index contributed by atoms with van der Waals surface area (Å²) in [5.41, 5.74) is -0.133. The van der Waals surface area contributed by atoms with E-state index in [0.29, 0.717) is 26.0 Å². The fraction of sp³-hybridized carbons (Fsp3) is 0.261. The molecule has 0 radical (unpaired) electrons. The average molecular weight is 425 g/mol. The maximum absolute atomic E-state index is 12.8. The molecule has 0 aromatic heterocycles. The van der Waals surface area contributed by atoms with Gasteiger partial charge in [-0.1, -0.05) is 18.9 Å².